The smallest absolute Gasteiger partial charge is 0.327 e. The van der Waals surface area contributed by atoms with E-state index in [9.17, 15) is 18.3 Å². The monoisotopic (exact) mass is 632 g/mol. The largest absolute Gasteiger partial charge is 0.507 e. The third-order valence-corrected chi connectivity index (χ3v) is 10.4. The number of aryl methyl sites for hydroxylation is 1. The summed E-state index contributed by atoms with van der Waals surface area (Å²) < 4.78 is 36.4. The first-order valence-corrected chi connectivity index (χ1v) is 16.6. The number of phenols is 1. The lowest BCUT2D eigenvalue weighted by molar-refractivity contribution is -0.153. The molecule has 3 N–H and O–H groups in total. The highest BCUT2D eigenvalue weighted by Gasteiger charge is 2.36. The zero-order valence-corrected chi connectivity index (χ0v) is 27.0. The highest BCUT2D eigenvalue weighted by molar-refractivity contribution is 7.92. The van der Waals surface area contributed by atoms with Crippen molar-refractivity contribution in [3.05, 3.63) is 72.2 Å². The Morgan fingerprint density at radius 3 is 2.40 bits per heavy atom. The van der Waals surface area contributed by atoms with Crippen molar-refractivity contribution in [1.29, 1.82) is 0 Å². The van der Waals surface area contributed by atoms with Gasteiger partial charge in [0.25, 0.3) is 10.0 Å². The molecule has 12 heteroatoms. The van der Waals surface area contributed by atoms with Crippen LogP contribution in [0.5, 0.6) is 5.75 Å². The fourth-order valence-electron chi connectivity index (χ4n) is 6.00. The molecular weight excluding hydrogens is 592 g/mol. The number of nitrogens with zero attached hydrogens (tertiary/aromatic N) is 5. The van der Waals surface area contributed by atoms with E-state index in [1.54, 1.807) is 32.0 Å². The molecule has 0 spiro atoms. The predicted molar refractivity (Wildman–Crippen MR) is 174 cm³/mol. The average molecular weight is 633 g/mol. The lowest BCUT2D eigenvalue weighted by Gasteiger charge is -2.37. The third-order valence-electron chi connectivity index (χ3n) is 8.63. The second kappa shape index (κ2) is 12.9. The molecule has 4 aromatic rings. The fourth-order valence-corrected chi connectivity index (χ4v) is 7.41. The van der Waals surface area contributed by atoms with Gasteiger partial charge >= 0.3 is 5.97 Å². The van der Waals surface area contributed by atoms with Crippen molar-refractivity contribution in [1.82, 2.24) is 9.66 Å². The van der Waals surface area contributed by atoms with E-state index in [1.807, 2.05) is 18.2 Å². The van der Waals surface area contributed by atoms with Crippen LogP contribution in [0.25, 0.3) is 10.8 Å². The summed E-state index contributed by atoms with van der Waals surface area (Å²) in [6, 6.07) is 16.4. The first kappa shape index (κ1) is 32.0. The van der Waals surface area contributed by atoms with Crippen molar-refractivity contribution in [2.45, 2.75) is 64.9 Å². The molecule has 45 heavy (non-hydrogen) atoms. The molecule has 1 heterocycles. The van der Waals surface area contributed by atoms with Crippen LogP contribution in [-0.2, 0) is 19.6 Å². The quantitative estimate of drug-likeness (QED) is 0.118. The summed E-state index contributed by atoms with van der Waals surface area (Å²) in [6.07, 6.45) is 2.50. The maximum absolute atomic E-state index is 14.1. The van der Waals surface area contributed by atoms with Gasteiger partial charge in [0.1, 0.15) is 24.2 Å². The minimum absolute atomic E-state index is 0.0562. The lowest BCUT2D eigenvalue weighted by atomic mass is 9.75. The number of benzene rings is 3. The number of azo groups is 1. The molecule has 0 amide bonds. The number of nitrogens with two attached hydrogens (primary N) is 1. The third kappa shape index (κ3) is 6.65. The summed E-state index contributed by atoms with van der Waals surface area (Å²) in [5.74, 6) is 7.01. The molecule has 11 nitrogen and oxygen atoms in total. The molecule has 1 fully saturated rings. The van der Waals surface area contributed by atoms with Crippen molar-refractivity contribution in [2.24, 2.45) is 28.0 Å². The predicted octanol–water partition coefficient (Wildman–Crippen LogP) is 6.69. The second-order valence-corrected chi connectivity index (χ2v) is 14.0. The summed E-state index contributed by atoms with van der Waals surface area (Å²) in [4.78, 5) is 17.7. The molecule has 0 saturated heterocycles. The van der Waals surface area contributed by atoms with Gasteiger partial charge in [-0.25, -0.2) is 22.4 Å². The summed E-state index contributed by atoms with van der Waals surface area (Å²) in [7, 11) is -4.27. The summed E-state index contributed by atoms with van der Waals surface area (Å²) in [5, 5.41) is 20.1. The zero-order valence-electron chi connectivity index (χ0n) is 26.2. The minimum Gasteiger partial charge on any atom is -0.507 e. The second-order valence-electron chi connectivity index (χ2n) is 12.1. The highest BCUT2D eigenvalue weighted by Crippen LogP contribution is 2.36. The van der Waals surface area contributed by atoms with Crippen LogP contribution >= 0.6 is 0 Å². The van der Waals surface area contributed by atoms with E-state index in [4.69, 9.17) is 10.6 Å². The van der Waals surface area contributed by atoms with Gasteiger partial charge in [0, 0.05) is 10.8 Å². The van der Waals surface area contributed by atoms with E-state index in [0.717, 1.165) is 29.0 Å². The van der Waals surface area contributed by atoms with Crippen molar-refractivity contribution < 1.29 is 23.1 Å². The number of carbonyl (C=O) groups is 1. The summed E-state index contributed by atoms with van der Waals surface area (Å²) >= 11 is 0. The molecule has 0 radical (unpaired) electrons. The Balaban J connectivity index is 1.42. The molecule has 3 atom stereocenters. The molecule has 0 aliphatic heterocycles. The number of anilines is 1. The Labute approximate surface area is 263 Å². The molecule has 1 aromatic heterocycles. The molecule has 238 valence electrons. The van der Waals surface area contributed by atoms with Crippen LogP contribution in [0.1, 0.15) is 51.6 Å². The first-order valence-electron chi connectivity index (χ1n) is 15.1. The van der Waals surface area contributed by atoms with Crippen molar-refractivity contribution in [3.63, 3.8) is 0 Å². The number of hydrogen-bond donors (Lipinski definition) is 2. The zero-order chi connectivity index (χ0) is 32.5. The fraction of sp³-hybridized carbons (Fsp3) is 0.394. The van der Waals surface area contributed by atoms with Crippen LogP contribution in [0.15, 0.2) is 75.8 Å². The number of carbonyl (C=O) groups excluding carboxylic acids is 1. The van der Waals surface area contributed by atoms with Gasteiger partial charge in [-0.3, -0.25) is 4.79 Å². The number of sulfonamides is 1. The van der Waals surface area contributed by atoms with E-state index >= 15 is 0 Å². The highest BCUT2D eigenvalue weighted by atomic mass is 32.2. The minimum atomic E-state index is -4.27. The molecule has 3 aromatic carbocycles. The standard InChI is InChI=1S/C33H40N6O5S/c1-20(2)26-15-10-21(3)18-31(26)44-32(41)19-38(33-22(4)39(34)23(5)35-33)45(42,43)25-13-11-24(12-14-25)36-37-29-16-17-30(40)28-9-7-6-8-27(28)29/h6-9,11-14,16-17,20-21,26,31,40H,10,15,18-19,34H2,1-5H3/t21-,26+,31-/m1/s1. The van der Waals surface area contributed by atoms with E-state index < -0.39 is 22.5 Å². The van der Waals surface area contributed by atoms with Crippen LogP contribution in [0.3, 0.4) is 0 Å². The van der Waals surface area contributed by atoms with E-state index in [0.29, 0.717) is 40.1 Å². The molecule has 5 rings (SSSR count). The van der Waals surface area contributed by atoms with E-state index in [1.165, 1.54) is 28.9 Å². The molecular formula is C33H40N6O5S. The number of nitrogen functional groups attached to an aromatic ring is 1. The molecule has 1 aliphatic rings. The van der Waals surface area contributed by atoms with Gasteiger partial charge in [-0.1, -0.05) is 51.5 Å². The molecule has 1 aliphatic carbocycles. The van der Waals surface area contributed by atoms with Crippen LogP contribution in [-0.4, -0.2) is 41.8 Å². The average Bonchev–Trinajstić information content (AvgIpc) is 3.26. The molecule has 1 saturated carbocycles. The van der Waals surface area contributed by atoms with Crippen LogP contribution in [0.2, 0.25) is 0 Å². The van der Waals surface area contributed by atoms with Gasteiger partial charge in [-0.05, 0) is 80.8 Å². The number of phenolic OH excluding ortho intramolecular Hbond substituents is 1. The summed E-state index contributed by atoms with van der Waals surface area (Å²) in [5.41, 5.74) is 1.36. The Morgan fingerprint density at radius 2 is 1.76 bits per heavy atom. The van der Waals surface area contributed by atoms with Crippen molar-refractivity contribution >= 4 is 44.0 Å². The Hall–Kier alpha value is -4.45. The number of esters is 1. The van der Waals surface area contributed by atoms with Gasteiger partial charge in [0.2, 0.25) is 0 Å². The SMILES string of the molecule is Cc1nc(N(CC(=O)O[C@@H]2C[C@H](C)CC[C@H]2C(C)C)S(=O)(=O)c2ccc(N=Nc3ccc(O)c4ccccc34)cc2)c(C)n1N. The first-order chi connectivity index (χ1) is 21.4. The van der Waals surface area contributed by atoms with E-state index in [2.05, 4.69) is 36.0 Å². The van der Waals surface area contributed by atoms with Gasteiger partial charge in [-0.15, -0.1) is 5.11 Å². The lowest BCUT2D eigenvalue weighted by Crippen LogP contribution is -2.41. The van der Waals surface area contributed by atoms with Gasteiger partial charge in [-0.2, -0.15) is 5.11 Å². The van der Waals surface area contributed by atoms with Crippen molar-refractivity contribution in [3.8, 4) is 5.75 Å². The topological polar surface area (TPSA) is 152 Å². The van der Waals surface area contributed by atoms with Gasteiger partial charge < -0.3 is 15.7 Å². The number of aromatic nitrogens is 2. The van der Waals surface area contributed by atoms with Crippen LogP contribution in [0.4, 0.5) is 17.2 Å². The van der Waals surface area contributed by atoms with Crippen LogP contribution < -0.4 is 10.1 Å². The number of fused-ring (bicyclic) bond motifs is 1. The number of imidazole rings is 1. The normalized spacial score (nSPS) is 18.9. The van der Waals surface area contributed by atoms with Gasteiger partial charge in [0.15, 0.2) is 5.82 Å². The maximum atomic E-state index is 14.1. The number of aromatic hydroxyl groups is 1. The Bertz CT molecular complexity index is 1830. The Morgan fingerprint density at radius 1 is 1.07 bits per heavy atom. The maximum Gasteiger partial charge on any atom is 0.327 e. The van der Waals surface area contributed by atoms with Crippen LogP contribution in [0, 0.1) is 31.6 Å². The number of rotatable bonds is 9. The molecule has 0 bridgehead atoms. The van der Waals surface area contributed by atoms with Crippen molar-refractivity contribution in [2.75, 3.05) is 16.7 Å². The van der Waals surface area contributed by atoms with Gasteiger partial charge in [0.05, 0.1) is 22.0 Å². The Kier molecular flexibility index (Phi) is 9.15. The van der Waals surface area contributed by atoms with E-state index in [-0.39, 0.29) is 28.5 Å². The molecule has 0 unspecified atom stereocenters. The number of ether oxygens (including phenoxy) is 1. The number of hydrogen-bond acceptors (Lipinski definition) is 9. The summed E-state index contributed by atoms with van der Waals surface area (Å²) in [6.45, 7) is 9.14.